The molecule has 0 N–H and O–H groups in total. The first-order valence-corrected chi connectivity index (χ1v) is 16.1. The third-order valence-corrected chi connectivity index (χ3v) is 7.25. The second-order valence-electron chi connectivity index (χ2n) is 10.7. The van der Waals surface area contributed by atoms with Crippen LogP contribution in [0.3, 0.4) is 0 Å². The van der Waals surface area contributed by atoms with Gasteiger partial charge in [0.05, 0.1) is 11.4 Å². The van der Waals surface area contributed by atoms with Gasteiger partial charge < -0.3 is 66.8 Å². The second kappa shape index (κ2) is 21.4. The molecule has 0 unspecified atom stereocenters. The fraction of sp³-hybridized carbons (Fsp3) is 0. The van der Waals surface area contributed by atoms with Gasteiger partial charge in [0.1, 0.15) is 0 Å². The fourth-order valence-electron chi connectivity index (χ4n) is 4.88. The van der Waals surface area contributed by atoms with E-state index in [1.807, 2.05) is 122 Å². The topological polar surface area (TPSA) is 54.1 Å². The minimum atomic E-state index is 0. The van der Waals surface area contributed by atoms with Crippen LogP contribution in [0.4, 0.5) is 0 Å². The molecular formula is C46H28N4O2Pt2-6. The van der Waals surface area contributed by atoms with Crippen molar-refractivity contribution in [2.75, 3.05) is 0 Å². The Hall–Kier alpha value is -6.16. The third-order valence-electron chi connectivity index (χ3n) is 7.25. The van der Waals surface area contributed by atoms with E-state index >= 15 is 0 Å². The summed E-state index contributed by atoms with van der Waals surface area (Å²) in [5, 5.41) is 0. The average molecular weight is 1060 g/mol. The van der Waals surface area contributed by atoms with E-state index in [2.05, 4.69) is 46.3 Å². The molecule has 6 nitrogen and oxygen atoms in total. The van der Waals surface area contributed by atoms with Gasteiger partial charge in [0.25, 0.3) is 0 Å². The summed E-state index contributed by atoms with van der Waals surface area (Å²) in [4.78, 5) is 8.28. The van der Waals surface area contributed by atoms with Crippen LogP contribution in [0.25, 0.3) is 33.6 Å². The first-order valence-electron chi connectivity index (χ1n) is 16.1. The normalized spacial score (nSPS) is 9.52. The molecular weight excluding hydrogens is 1030 g/mol. The van der Waals surface area contributed by atoms with E-state index in [9.17, 15) is 0 Å². The van der Waals surface area contributed by atoms with Crippen LogP contribution in [-0.2, 0) is 42.1 Å². The Morgan fingerprint density at radius 3 is 1.26 bits per heavy atom. The Labute approximate surface area is 345 Å². The van der Waals surface area contributed by atoms with Gasteiger partial charge in [-0.1, -0.05) is 84.3 Å². The summed E-state index contributed by atoms with van der Waals surface area (Å²) < 4.78 is 14.7. The minimum absolute atomic E-state index is 0. The van der Waals surface area contributed by atoms with E-state index in [1.54, 1.807) is 57.9 Å². The summed E-state index contributed by atoms with van der Waals surface area (Å²) in [7, 11) is 0. The van der Waals surface area contributed by atoms with Gasteiger partial charge in [-0.25, -0.2) is 22.1 Å². The molecule has 0 atom stereocenters. The number of rotatable bonds is 7. The zero-order valence-electron chi connectivity index (χ0n) is 28.4. The molecule has 0 aliphatic rings. The summed E-state index contributed by atoms with van der Waals surface area (Å²) in [6, 6.07) is 62.9. The number of hydrogen-bond donors (Lipinski definition) is 0. The van der Waals surface area contributed by atoms with Crippen LogP contribution >= 0.6 is 0 Å². The molecule has 0 saturated carbocycles. The zero-order valence-corrected chi connectivity index (χ0v) is 32.9. The predicted octanol–water partition coefficient (Wildman–Crippen LogP) is 10.0. The number of ether oxygens (including phenoxy) is 2. The van der Waals surface area contributed by atoms with Gasteiger partial charge in [-0.2, -0.15) is 12.1 Å². The van der Waals surface area contributed by atoms with Gasteiger partial charge in [-0.05, 0) is 47.5 Å². The van der Waals surface area contributed by atoms with E-state index < -0.39 is 0 Å². The van der Waals surface area contributed by atoms with Gasteiger partial charge in [-0.3, -0.25) is 12.1 Å². The largest absolute Gasteiger partial charge is 0.669 e. The van der Waals surface area contributed by atoms with Crippen LogP contribution in [0, 0.1) is 49.2 Å². The minimum Gasteiger partial charge on any atom is -0.669 e. The Morgan fingerprint density at radius 1 is 0.481 bits per heavy atom. The van der Waals surface area contributed by atoms with E-state index in [-0.39, 0.29) is 42.1 Å². The van der Waals surface area contributed by atoms with Gasteiger partial charge >= 0.3 is 0 Å². The van der Waals surface area contributed by atoms with Crippen molar-refractivity contribution in [2.45, 2.75) is 0 Å². The molecule has 8 heteroatoms. The van der Waals surface area contributed by atoms with E-state index in [4.69, 9.17) is 22.3 Å². The maximum absolute atomic E-state index is 7.06. The van der Waals surface area contributed by atoms with Crippen molar-refractivity contribution in [3.63, 3.8) is 0 Å². The van der Waals surface area contributed by atoms with Gasteiger partial charge in [-0.15, -0.1) is 0 Å². The van der Waals surface area contributed by atoms with Crippen molar-refractivity contribution in [1.82, 2.24) is 19.1 Å². The van der Waals surface area contributed by atoms with E-state index in [0.717, 1.165) is 22.5 Å². The van der Waals surface area contributed by atoms with Crippen LogP contribution in [0.15, 0.2) is 170 Å². The average Bonchev–Trinajstić information content (AvgIpc) is 3.91. The van der Waals surface area contributed by atoms with Crippen molar-refractivity contribution in [3.05, 3.63) is 207 Å². The van der Waals surface area contributed by atoms with Crippen molar-refractivity contribution in [1.29, 1.82) is 0 Å². The van der Waals surface area contributed by atoms with Crippen molar-refractivity contribution in [3.8, 4) is 69.0 Å². The number of hydrogen-bond acceptors (Lipinski definition) is 4. The molecule has 0 saturated heterocycles. The molecule has 4 heterocycles. The Balaban J connectivity index is 0.000000196. The van der Waals surface area contributed by atoms with Crippen LogP contribution in [0.5, 0.6) is 23.3 Å². The standard InChI is InChI=1S/C22H12N2O2.2C12H8N.2Pt/c1-3-13-23-21(11-1)25-19-9-5-7-17(15-19)18-8-6-10-20(16-18)26-22-12-2-4-14-24-22;2*1-2-13-10-6-9-12(13)11-7-4-3-5-8-11;;/h1-6,9-14H;2*3-10H;;/q-4;2*-1;;. The van der Waals surface area contributed by atoms with E-state index in [1.165, 1.54) is 0 Å². The molecule has 0 aliphatic carbocycles. The molecule has 0 radical (unpaired) electrons. The molecule has 0 amide bonds. The van der Waals surface area contributed by atoms with Gasteiger partial charge in [0.15, 0.2) is 0 Å². The number of pyridine rings is 2. The monoisotopic (exact) mass is 1060 g/mol. The molecule has 0 spiro atoms. The summed E-state index contributed by atoms with van der Waals surface area (Å²) in [6.45, 7) is 0. The first-order chi connectivity index (χ1) is 25.7. The second-order valence-corrected chi connectivity index (χ2v) is 10.7. The molecule has 8 aromatic rings. The molecule has 4 aromatic carbocycles. The first kappa shape index (κ1) is 40.6. The number of benzene rings is 4. The Bertz CT molecular complexity index is 2210. The SMILES string of the molecule is [C-]#Cn1cccc1-c1ccccc1.[C-]#Cn1cccc1-c1ccccc1.[Pt].[Pt].[c-]1ccc(Oc2ccccn2)[c-]c1-c1[c-]ccc(Oc2ccccn2)[c-]1. The van der Waals surface area contributed by atoms with Crippen LogP contribution < -0.4 is 9.47 Å². The van der Waals surface area contributed by atoms with E-state index in [0.29, 0.717) is 34.4 Å². The number of nitrogens with zero attached hydrogens (tertiary/aromatic N) is 4. The van der Waals surface area contributed by atoms with Crippen molar-refractivity contribution >= 4 is 0 Å². The summed E-state index contributed by atoms with van der Waals surface area (Å²) in [6.07, 6.45) is 21.1. The van der Waals surface area contributed by atoms with Crippen molar-refractivity contribution < 1.29 is 51.6 Å². The van der Waals surface area contributed by atoms with Crippen LogP contribution in [0.2, 0.25) is 0 Å². The maximum Gasteiger partial charge on any atom is 0.215 e. The maximum atomic E-state index is 7.06. The van der Waals surface area contributed by atoms with Gasteiger partial charge in [0.2, 0.25) is 11.8 Å². The molecule has 8 rings (SSSR count). The predicted molar refractivity (Wildman–Crippen MR) is 201 cm³/mol. The fourth-order valence-corrected chi connectivity index (χ4v) is 4.88. The van der Waals surface area contributed by atoms with Crippen LogP contribution in [-0.4, -0.2) is 19.1 Å². The van der Waals surface area contributed by atoms with Gasteiger partial charge in [0, 0.05) is 79.1 Å². The Morgan fingerprint density at radius 2 is 0.889 bits per heavy atom. The molecule has 0 aliphatic heterocycles. The molecule has 0 bridgehead atoms. The number of aromatic nitrogens is 4. The molecule has 0 fully saturated rings. The van der Waals surface area contributed by atoms with Crippen LogP contribution in [0.1, 0.15) is 0 Å². The third kappa shape index (κ3) is 11.4. The summed E-state index contributed by atoms with van der Waals surface area (Å²) in [5.41, 5.74) is 5.54. The van der Waals surface area contributed by atoms with Crippen molar-refractivity contribution in [2.24, 2.45) is 0 Å². The Kier molecular flexibility index (Phi) is 16.1. The molecule has 270 valence electrons. The summed E-state index contributed by atoms with van der Waals surface area (Å²) in [5.74, 6) is 2.08. The molecule has 54 heavy (non-hydrogen) atoms. The zero-order chi connectivity index (χ0) is 35.8. The molecule has 4 aromatic heterocycles. The summed E-state index contributed by atoms with van der Waals surface area (Å²) >= 11 is 0. The smallest absolute Gasteiger partial charge is 0.215 e. The quantitative estimate of drug-likeness (QED) is 0.118.